The number of hydrogen-bond donors (Lipinski definition) is 2. The van der Waals surface area contributed by atoms with Crippen LogP contribution in [0.25, 0.3) is 10.6 Å². The fraction of sp³-hybridized carbons (Fsp3) is 0.130. The molecule has 3 heterocycles. The number of rotatable bonds is 5. The number of H-pyrrole nitrogens is 1. The number of nitrogens with one attached hydrogen (secondary N) is 2. The Kier molecular flexibility index (Phi) is 5.69. The first-order valence-electron chi connectivity index (χ1n) is 10.2. The molecule has 33 heavy (non-hydrogen) atoms. The maximum atomic E-state index is 13.5. The van der Waals surface area contributed by atoms with Crippen LogP contribution >= 0.6 is 22.9 Å². The fourth-order valence-corrected chi connectivity index (χ4v) is 6.31. The first kappa shape index (κ1) is 21.7. The number of thiophene rings is 1. The van der Waals surface area contributed by atoms with Crippen LogP contribution in [0.4, 0.5) is 11.5 Å². The molecule has 0 bridgehead atoms. The van der Waals surface area contributed by atoms with E-state index in [1.807, 2.05) is 35.7 Å². The van der Waals surface area contributed by atoms with Crippen LogP contribution < -0.4 is 9.62 Å². The highest BCUT2D eigenvalue weighted by molar-refractivity contribution is 7.92. The van der Waals surface area contributed by atoms with Crippen LogP contribution in [0.15, 0.2) is 70.9 Å². The van der Waals surface area contributed by atoms with Crippen LogP contribution in [-0.4, -0.2) is 31.1 Å². The molecule has 2 aromatic heterocycles. The second kappa shape index (κ2) is 8.66. The Hall–Kier alpha value is -3.14. The second-order valence-corrected chi connectivity index (χ2v) is 10.8. The van der Waals surface area contributed by atoms with Crippen LogP contribution in [0.1, 0.15) is 22.3 Å². The number of aromatic amines is 1. The molecule has 0 radical (unpaired) electrons. The normalized spacial score (nSPS) is 13.5. The Morgan fingerprint density at radius 3 is 2.79 bits per heavy atom. The SMILES string of the molecule is O=C(Nc1cc(-c2cccs2)[nH]n1)c1cc(S(=O)(=O)N2CCCc3ccccc32)ccc1Cl. The molecule has 1 amide bonds. The summed E-state index contributed by atoms with van der Waals surface area (Å²) < 4.78 is 28.3. The minimum Gasteiger partial charge on any atom is -0.305 e. The number of nitrogens with zero attached hydrogens (tertiary/aromatic N) is 2. The van der Waals surface area contributed by atoms with E-state index in [4.69, 9.17) is 11.6 Å². The summed E-state index contributed by atoms with van der Waals surface area (Å²) in [6.07, 6.45) is 1.55. The van der Waals surface area contributed by atoms with E-state index in [0.717, 1.165) is 29.0 Å². The van der Waals surface area contributed by atoms with Gasteiger partial charge in [-0.05, 0) is 54.1 Å². The summed E-state index contributed by atoms with van der Waals surface area (Å²) in [4.78, 5) is 13.9. The van der Waals surface area contributed by atoms with E-state index in [9.17, 15) is 13.2 Å². The number of sulfonamides is 1. The van der Waals surface area contributed by atoms with E-state index in [2.05, 4.69) is 15.5 Å². The van der Waals surface area contributed by atoms with Gasteiger partial charge in [0, 0.05) is 12.6 Å². The zero-order chi connectivity index (χ0) is 23.0. The highest BCUT2D eigenvalue weighted by Gasteiger charge is 2.30. The first-order valence-corrected chi connectivity index (χ1v) is 12.9. The van der Waals surface area contributed by atoms with Crippen LogP contribution in [0, 0.1) is 0 Å². The number of fused-ring (bicyclic) bond motifs is 1. The number of amides is 1. The molecule has 0 atom stereocenters. The number of aryl methyl sites for hydroxylation is 1. The lowest BCUT2D eigenvalue weighted by Crippen LogP contribution is -2.35. The van der Waals surface area contributed by atoms with Crippen LogP contribution in [0.2, 0.25) is 5.02 Å². The lowest BCUT2D eigenvalue weighted by Gasteiger charge is -2.30. The summed E-state index contributed by atoms with van der Waals surface area (Å²) in [5.41, 5.74) is 2.48. The maximum Gasteiger partial charge on any atom is 0.264 e. The van der Waals surface area contributed by atoms with Gasteiger partial charge < -0.3 is 5.32 Å². The molecular weight excluding hydrogens is 480 g/mol. The van der Waals surface area contributed by atoms with E-state index >= 15 is 0 Å². The number of carbonyl (C=O) groups is 1. The molecule has 2 N–H and O–H groups in total. The van der Waals surface area contributed by atoms with Crippen molar-refractivity contribution >= 4 is 50.4 Å². The molecule has 5 rings (SSSR count). The van der Waals surface area contributed by atoms with Gasteiger partial charge in [-0.1, -0.05) is 35.9 Å². The van der Waals surface area contributed by atoms with E-state index in [-0.39, 0.29) is 15.5 Å². The van der Waals surface area contributed by atoms with Crippen LogP contribution in [-0.2, 0) is 16.4 Å². The van der Waals surface area contributed by atoms with Gasteiger partial charge in [-0.15, -0.1) is 11.3 Å². The van der Waals surface area contributed by atoms with Crippen LogP contribution in [0.5, 0.6) is 0 Å². The molecular formula is C23H19ClN4O3S2. The van der Waals surface area contributed by atoms with Gasteiger partial charge in [-0.3, -0.25) is 14.2 Å². The number of para-hydroxylation sites is 1. The third-order valence-corrected chi connectivity index (χ3v) is 8.49. The third kappa shape index (κ3) is 4.15. The molecule has 2 aromatic carbocycles. The highest BCUT2D eigenvalue weighted by Crippen LogP contribution is 2.33. The standard InChI is InChI=1S/C23H19ClN4O3S2/c24-18-10-9-16(33(30,31)28-11-3-6-15-5-1-2-7-20(15)28)13-17(18)23(29)25-22-14-19(26-27-22)21-8-4-12-32-21/h1-2,4-5,7-10,12-14H,3,6,11H2,(H2,25,26,27,29). The summed E-state index contributed by atoms with van der Waals surface area (Å²) in [5, 5.41) is 11.8. The number of hydrogen-bond acceptors (Lipinski definition) is 5. The van der Waals surface area contributed by atoms with E-state index in [1.54, 1.807) is 23.5 Å². The second-order valence-electron chi connectivity index (χ2n) is 7.55. The monoisotopic (exact) mass is 498 g/mol. The Balaban J connectivity index is 1.43. The summed E-state index contributed by atoms with van der Waals surface area (Å²) in [6.45, 7) is 0.377. The average molecular weight is 499 g/mol. The third-order valence-electron chi connectivity index (χ3n) is 5.44. The van der Waals surface area contributed by atoms with Crippen molar-refractivity contribution in [1.82, 2.24) is 10.2 Å². The molecule has 0 saturated heterocycles. The lowest BCUT2D eigenvalue weighted by atomic mass is 10.0. The Morgan fingerprint density at radius 1 is 1.12 bits per heavy atom. The smallest absolute Gasteiger partial charge is 0.264 e. The molecule has 0 unspecified atom stereocenters. The van der Waals surface area contributed by atoms with E-state index in [1.165, 1.54) is 22.5 Å². The van der Waals surface area contributed by atoms with Gasteiger partial charge in [0.05, 0.1) is 31.7 Å². The van der Waals surface area contributed by atoms with Crippen molar-refractivity contribution < 1.29 is 13.2 Å². The molecule has 0 aliphatic carbocycles. The fourth-order valence-electron chi connectivity index (χ4n) is 3.84. The van der Waals surface area contributed by atoms with Crippen molar-refractivity contribution in [2.24, 2.45) is 0 Å². The molecule has 0 saturated carbocycles. The maximum absolute atomic E-state index is 13.5. The van der Waals surface area contributed by atoms with Gasteiger partial charge in [-0.25, -0.2) is 8.42 Å². The average Bonchev–Trinajstić information content (AvgIpc) is 3.51. The summed E-state index contributed by atoms with van der Waals surface area (Å²) in [7, 11) is -3.87. The van der Waals surface area contributed by atoms with Crippen molar-refractivity contribution in [1.29, 1.82) is 0 Å². The number of halogens is 1. The predicted octanol–water partition coefficient (Wildman–Crippen LogP) is 5.19. The largest absolute Gasteiger partial charge is 0.305 e. The lowest BCUT2D eigenvalue weighted by molar-refractivity contribution is 0.102. The van der Waals surface area contributed by atoms with Gasteiger partial charge >= 0.3 is 0 Å². The minimum absolute atomic E-state index is 0.00931. The number of aromatic nitrogens is 2. The van der Waals surface area contributed by atoms with E-state index in [0.29, 0.717) is 18.1 Å². The minimum atomic E-state index is -3.87. The topological polar surface area (TPSA) is 95.2 Å². The first-order chi connectivity index (χ1) is 15.9. The van der Waals surface area contributed by atoms with Crippen molar-refractivity contribution in [3.8, 4) is 10.6 Å². The van der Waals surface area contributed by atoms with E-state index < -0.39 is 15.9 Å². The molecule has 10 heteroatoms. The van der Waals surface area contributed by atoms with Crippen LogP contribution in [0.3, 0.4) is 0 Å². The Bertz CT molecular complexity index is 1430. The zero-order valence-electron chi connectivity index (χ0n) is 17.3. The quantitative estimate of drug-likeness (QED) is 0.396. The van der Waals surface area contributed by atoms with Gasteiger partial charge in [0.1, 0.15) is 0 Å². The van der Waals surface area contributed by atoms with Crippen molar-refractivity contribution in [2.45, 2.75) is 17.7 Å². The Morgan fingerprint density at radius 2 is 1.97 bits per heavy atom. The highest BCUT2D eigenvalue weighted by atomic mass is 35.5. The molecule has 1 aliphatic rings. The van der Waals surface area contributed by atoms with Gasteiger partial charge in [0.2, 0.25) is 0 Å². The molecule has 4 aromatic rings. The summed E-state index contributed by atoms with van der Waals surface area (Å²) in [6, 6.07) is 17.2. The predicted molar refractivity (Wildman–Crippen MR) is 131 cm³/mol. The molecule has 7 nitrogen and oxygen atoms in total. The molecule has 0 fully saturated rings. The molecule has 0 spiro atoms. The van der Waals surface area contributed by atoms with Crippen molar-refractivity contribution in [3.05, 3.63) is 82.2 Å². The van der Waals surface area contributed by atoms with Crippen molar-refractivity contribution in [2.75, 3.05) is 16.2 Å². The summed E-state index contributed by atoms with van der Waals surface area (Å²) in [5.74, 6) is -0.224. The number of anilines is 2. The van der Waals surface area contributed by atoms with Gasteiger partial charge in [-0.2, -0.15) is 5.10 Å². The molecule has 168 valence electrons. The van der Waals surface area contributed by atoms with Gasteiger partial charge in [0.15, 0.2) is 5.82 Å². The van der Waals surface area contributed by atoms with Crippen molar-refractivity contribution in [3.63, 3.8) is 0 Å². The Labute approximate surface area is 200 Å². The number of carbonyl (C=O) groups excluding carboxylic acids is 1. The summed E-state index contributed by atoms with van der Waals surface area (Å²) >= 11 is 7.81. The van der Waals surface area contributed by atoms with Gasteiger partial charge in [0.25, 0.3) is 15.9 Å². The molecule has 1 aliphatic heterocycles. The zero-order valence-corrected chi connectivity index (χ0v) is 19.7. The number of benzene rings is 2.